The van der Waals surface area contributed by atoms with Crippen molar-refractivity contribution < 1.29 is 24.8 Å². The molecule has 0 aromatic heterocycles. The van der Waals surface area contributed by atoms with Crippen molar-refractivity contribution in [1.82, 2.24) is 0 Å². The first kappa shape index (κ1) is 22.6. The number of aliphatic hydroxyl groups is 3. The van der Waals surface area contributed by atoms with E-state index in [1.807, 2.05) is 18.2 Å². The first-order valence-corrected chi connectivity index (χ1v) is 10.6. The summed E-state index contributed by atoms with van der Waals surface area (Å²) in [5.74, 6) is -0.317. The van der Waals surface area contributed by atoms with Crippen LogP contribution in [0.2, 0.25) is 0 Å². The summed E-state index contributed by atoms with van der Waals surface area (Å²) in [7, 11) is 0. The Morgan fingerprint density at radius 3 is 2.67 bits per heavy atom. The summed E-state index contributed by atoms with van der Waals surface area (Å²) in [6.45, 7) is 5.96. The molecule has 5 heteroatoms. The molecular weight excluding hydrogens is 344 g/mol. The van der Waals surface area contributed by atoms with Gasteiger partial charge in [-0.25, -0.2) is 0 Å². The van der Waals surface area contributed by atoms with Gasteiger partial charge in [0, 0.05) is 19.4 Å². The average molecular weight is 383 g/mol. The molecule has 2 aliphatic rings. The van der Waals surface area contributed by atoms with Crippen molar-refractivity contribution in [3.05, 3.63) is 24.8 Å². The largest absolute Gasteiger partial charge is 0.396 e. The molecule has 0 aliphatic carbocycles. The first-order valence-electron chi connectivity index (χ1n) is 10.6. The predicted molar refractivity (Wildman–Crippen MR) is 106 cm³/mol. The molecule has 156 valence electrons. The Labute approximate surface area is 164 Å². The summed E-state index contributed by atoms with van der Waals surface area (Å²) in [6.07, 6.45) is 12.5. The SMILES string of the molecule is C=CCCC[C@H](O)C[C@@H]1CC[C@@]2(CC[C@@H](C)[C@H]([C@H](O)C/C=C\CCO)O2)O1. The fourth-order valence-electron chi connectivity index (χ4n) is 4.21. The number of unbranched alkanes of at least 4 members (excludes halogenated alkanes) is 1. The first-order chi connectivity index (χ1) is 13.0. The Bertz CT molecular complexity index is 466. The highest BCUT2D eigenvalue weighted by Gasteiger charge is 2.48. The van der Waals surface area contributed by atoms with E-state index in [0.717, 1.165) is 44.9 Å². The number of ether oxygens (including phenoxy) is 2. The van der Waals surface area contributed by atoms with Crippen LogP contribution >= 0.6 is 0 Å². The van der Waals surface area contributed by atoms with E-state index in [2.05, 4.69) is 13.5 Å². The number of allylic oxidation sites excluding steroid dienone is 1. The molecule has 3 N–H and O–H groups in total. The second-order valence-corrected chi connectivity index (χ2v) is 8.18. The molecule has 2 fully saturated rings. The predicted octanol–water partition coefficient (Wildman–Crippen LogP) is 3.47. The third-order valence-corrected chi connectivity index (χ3v) is 5.82. The summed E-state index contributed by atoms with van der Waals surface area (Å²) in [5.41, 5.74) is 0. The van der Waals surface area contributed by atoms with E-state index in [-0.39, 0.29) is 30.8 Å². The minimum Gasteiger partial charge on any atom is -0.396 e. The lowest BCUT2D eigenvalue weighted by Gasteiger charge is -2.43. The molecule has 2 saturated heterocycles. The van der Waals surface area contributed by atoms with E-state index in [1.165, 1.54) is 0 Å². The zero-order valence-corrected chi connectivity index (χ0v) is 16.8. The summed E-state index contributed by atoms with van der Waals surface area (Å²) < 4.78 is 12.6. The lowest BCUT2D eigenvalue weighted by Crippen LogP contribution is -2.49. The fraction of sp³-hybridized carbons (Fsp3) is 0.818. The second kappa shape index (κ2) is 11.3. The minimum absolute atomic E-state index is 0.0272. The minimum atomic E-state index is -0.599. The van der Waals surface area contributed by atoms with Gasteiger partial charge in [0.05, 0.1) is 24.4 Å². The molecule has 0 amide bonds. The topological polar surface area (TPSA) is 79.2 Å². The van der Waals surface area contributed by atoms with E-state index in [0.29, 0.717) is 19.3 Å². The van der Waals surface area contributed by atoms with Gasteiger partial charge in [0.2, 0.25) is 0 Å². The van der Waals surface area contributed by atoms with Crippen LogP contribution in [0.5, 0.6) is 0 Å². The quantitative estimate of drug-likeness (QED) is 0.377. The van der Waals surface area contributed by atoms with Gasteiger partial charge in [-0.1, -0.05) is 25.2 Å². The molecule has 0 bridgehead atoms. The zero-order valence-electron chi connectivity index (χ0n) is 16.8. The van der Waals surface area contributed by atoms with Crippen molar-refractivity contribution in [3.63, 3.8) is 0 Å². The second-order valence-electron chi connectivity index (χ2n) is 8.18. The maximum absolute atomic E-state index is 10.6. The molecule has 0 unspecified atom stereocenters. The van der Waals surface area contributed by atoms with Gasteiger partial charge in [0.25, 0.3) is 0 Å². The molecule has 1 spiro atoms. The van der Waals surface area contributed by atoms with Crippen LogP contribution in [0.4, 0.5) is 0 Å². The van der Waals surface area contributed by atoms with Crippen LogP contribution in [-0.4, -0.2) is 52.1 Å². The number of aliphatic hydroxyl groups excluding tert-OH is 3. The Morgan fingerprint density at radius 2 is 1.93 bits per heavy atom. The van der Waals surface area contributed by atoms with Gasteiger partial charge in [-0.3, -0.25) is 0 Å². The van der Waals surface area contributed by atoms with Gasteiger partial charge in [-0.15, -0.1) is 6.58 Å². The molecular formula is C22H38O5. The molecule has 0 saturated carbocycles. The maximum Gasteiger partial charge on any atom is 0.169 e. The highest BCUT2D eigenvalue weighted by atomic mass is 16.7. The normalized spacial score (nSPS) is 33.6. The Hall–Kier alpha value is -0.720. The third-order valence-electron chi connectivity index (χ3n) is 5.82. The molecule has 0 aromatic carbocycles. The zero-order chi connectivity index (χ0) is 19.7. The van der Waals surface area contributed by atoms with Gasteiger partial charge in [0.15, 0.2) is 5.79 Å². The molecule has 2 aliphatic heterocycles. The highest BCUT2D eigenvalue weighted by molar-refractivity contribution is 4.93. The summed E-state index contributed by atoms with van der Waals surface area (Å²) in [5, 5.41) is 29.6. The number of rotatable bonds is 11. The van der Waals surface area contributed by atoms with Crippen LogP contribution in [0.25, 0.3) is 0 Å². The summed E-state index contributed by atoms with van der Waals surface area (Å²) >= 11 is 0. The van der Waals surface area contributed by atoms with Gasteiger partial charge < -0.3 is 24.8 Å². The molecule has 5 nitrogen and oxygen atoms in total. The molecule has 27 heavy (non-hydrogen) atoms. The van der Waals surface area contributed by atoms with Crippen LogP contribution in [0.1, 0.15) is 71.1 Å². The molecule has 2 rings (SSSR count). The van der Waals surface area contributed by atoms with Crippen molar-refractivity contribution in [2.24, 2.45) is 5.92 Å². The van der Waals surface area contributed by atoms with E-state index in [4.69, 9.17) is 14.6 Å². The van der Waals surface area contributed by atoms with Gasteiger partial charge >= 0.3 is 0 Å². The fourth-order valence-corrected chi connectivity index (χ4v) is 4.21. The van der Waals surface area contributed by atoms with Crippen LogP contribution in [-0.2, 0) is 9.47 Å². The summed E-state index contributed by atoms with van der Waals surface area (Å²) in [6, 6.07) is 0. The Morgan fingerprint density at radius 1 is 1.15 bits per heavy atom. The average Bonchev–Trinajstić information content (AvgIpc) is 3.03. The van der Waals surface area contributed by atoms with Gasteiger partial charge in [-0.05, 0) is 57.3 Å². The highest BCUT2D eigenvalue weighted by Crippen LogP contribution is 2.44. The van der Waals surface area contributed by atoms with E-state index in [1.54, 1.807) is 0 Å². The number of hydrogen-bond donors (Lipinski definition) is 3. The van der Waals surface area contributed by atoms with Crippen LogP contribution in [0.15, 0.2) is 24.8 Å². The van der Waals surface area contributed by atoms with Crippen molar-refractivity contribution in [3.8, 4) is 0 Å². The van der Waals surface area contributed by atoms with Crippen molar-refractivity contribution >= 4 is 0 Å². The lowest BCUT2D eigenvalue weighted by molar-refractivity contribution is -0.296. The van der Waals surface area contributed by atoms with E-state index < -0.39 is 11.9 Å². The Kier molecular flexibility index (Phi) is 9.46. The third kappa shape index (κ3) is 6.99. The monoisotopic (exact) mass is 382 g/mol. The van der Waals surface area contributed by atoms with Crippen molar-refractivity contribution in [1.29, 1.82) is 0 Å². The van der Waals surface area contributed by atoms with Crippen LogP contribution in [0, 0.1) is 5.92 Å². The van der Waals surface area contributed by atoms with Crippen LogP contribution < -0.4 is 0 Å². The van der Waals surface area contributed by atoms with Crippen LogP contribution in [0.3, 0.4) is 0 Å². The van der Waals surface area contributed by atoms with Crippen molar-refractivity contribution in [2.75, 3.05) is 6.61 Å². The van der Waals surface area contributed by atoms with Crippen molar-refractivity contribution in [2.45, 2.75) is 101 Å². The standard InChI is InChI=1S/C22H38O5/c1-3-4-6-9-18(24)16-19-12-14-22(26-19)13-11-17(2)21(27-22)20(25)10-7-5-8-15-23/h3,5,7,17-21,23-25H,1,4,6,8-16H2,2H3/b7-5-/t17-,18+,19+,20-,21-,22+/m1/s1. The van der Waals surface area contributed by atoms with Gasteiger partial charge in [0.1, 0.15) is 0 Å². The number of hydrogen-bond acceptors (Lipinski definition) is 5. The van der Waals surface area contributed by atoms with Gasteiger partial charge in [-0.2, -0.15) is 0 Å². The van der Waals surface area contributed by atoms with E-state index in [9.17, 15) is 10.2 Å². The molecule has 6 atom stereocenters. The maximum atomic E-state index is 10.6. The lowest BCUT2D eigenvalue weighted by atomic mass is 9.87. The molecule has 2 heterocycles. The molecule has 0 aromatic rings. The Balaban J connectivity index is 1.84. The smallest absolute Gasteiger partial charge is 0.169 e. The molecule has 0 radical (unpaired) electrons. The summed E-state index contributed by atoms with van der Waals surface area (Å²) in [4.78, 5) is 0. The van der Waals surface area contributed by atoms with E-state index >= 15 is 0 Å².